The van der Waals surface area contributed by atoms with Crippen LogP contribution in [0.5, 0.6) is 0 Å². The zero-order valence-corrected chi connectivity index (χ0v) is 18.4. The molecule has 2 rings (SSSR count). The lowest BCUT2D eigenvalue weighted by atomic mass is 10.4. The summed E-state index contributed by atoms with van der Waals surface area (Å²) in [6.45, 7) is 14.8. The average Bonchev–Trinajstić information content (AvgIpc) is 2.86. The van der Waals surface area contributed by atoms with Crippen molar-refractivity contribution in [1.82, 2.24) is 0 Å². The Bertz CT molecular complexity index is 533. The van der Waals surface area contributed by atoms with E-state index in [9.17, 15) is 0 Å². The fraction of sp³-hybridized carbons (Fsp3) is 0.500. The Hall–Kier alpha value is 0.184. The van der Waals surface area contributed by atoms with Crippen LogP contribution in [0.25, 0.3) is 0 Å². The van der Waals surface area contributed by atoms with E-state index in [1.807, 2.05) is 34.4 Å². The van der Waals surface area contributed by atoms with Gasteiger partial charge in [0.2, 0.25) is 0 Å². The number of hydrogen-bond acceptors (Lipinski definition) is 3. The molecule has 21 heavy (non-hydrogen) atoms. The van der Waals surface area contributed by atoms with Crippen molar-refractivity contribution in [2.45, 2.75) is 59.8 Å². The summed E-state index contributed by atoms with van der Waals surface area (Å²) in [5.41, 5.74) is 3.16. The van der Waals surface area contributed by atoms with Gasteiger partial charge in [-0.15, -0.1) is 22.7 Å². The summed E-state index contributed by atoms with van der Waals surface area (Å²) >= 11 is 5.85. The van der Waals surface area contributed by atoms with Crippen LogP contribution in [0.15, 0.2) is 31.3 Å². The first-order valence-electron chi connectivity index (χ1n) is 7.45. The number of rotatable bonds is 6. The molecule has 2 heterocycles. The highest BCUT2D eigenvalue weighted by molar-refractivity contribution is 8.03. The van der Waals surface area contributed by atoms with Crippen molar-refractivity contribution in [2.75, 3.05) is 0 Å². The largest absolute Gasteiger partial charge is 0.137 e. The molecule has 0 saturated heterocycles. The lowest BCUT2D eigenvalue weighted by Crippen LogP contribution is -2.24. The monoisotopic (exact) mass is 370 g/mol. The van der Waals surface area contributed by atoms with Crippen LogP contribution in [0.1, 0.15) is 11.1 Å². The smallest absolute Gasteiger partial charge is 0.0683 e. The van der Waals surface area contributed by atoms with Gasteiger partial charge in [0.05, 0.1) is 8.42 Å². The second-order valence-electron chi connectivity index (χ2n) is 8.04. The van der Waals surface area contributed by atoms with Crippen molar-refractivity contribution in [3.8, 4) is 0 Å². The quantitative estimate of drug-likeness (QED) is 0.504. The molecule has 0 bridgehead atoms. The Morgan fingerprint density at radius 2 is 1.14 bits per heavy atom. The fourth-order valence-electron chi connectivity index (χ4n) is 2.31. The molecule has 2 aromatic rings. The van der Waals surface area contributed by atoms with Crippen molar-refractivity contribution in [1.29, 1.82) is 0 Å². The Labute approximate surface area is 144 Å². The summed E-state index contributed by atoms with van der Waals surface area (Å²) < 4.78 is 3.05. The van der Waals surface area contributed by atoms with Gasteiger partial charge in [0.25, 0.3) is 0 Å². The Morgan fingerprint density at radius 3 is 1.48 bits per heavy atom. The van der Waals surface area contributed by atoms with E-state index >= 15 is 0 Å². The van der Waals surface area contributed by atoms with Crippen molar-refractivity contribution < 1.29 is 0 Å². The van der Waals surface area contributed by atoms with Gasteiger partial charge in [0.15, 0.2) is 0 Å². The molecule has 0 amide bonds. The van der Waals surface area contributed by atoms with Gasteiger partial charge < -0.3 is 0 Å². The van der Waals surface area contributed by atoms with E-state index in [1.54, 1.807) is 11.1 Å². The molecule has 0 saturated carbocycles. The van der Waals surface area contributed by atoms with Crippen LogP contribution in [0, 0.1) is 0 Å². The van der Waals surface area contributed by atoms with Crippen LogP contribution in [-0.2, 0) is 12.1 Å². The molecule has 116 valence electrons. The highest BCUT2D eigenvalue weighted by Gasteiger charge is 2.20. The number of thiophene rings is 2. The minimum absolute atomic E-state index is 1.04. The van der Waals surface area contributed by atoms with Crippen LogP contribution in [0.4, 0.5) is 0 Å². The zero-order chi connectivity index (χ0) is 15.7. The molecule has 0 spiro atoms. The van der Waals surface area contributed by atoms with Crippen LogP contribution in [-0.4, -0.2) is 16.1 Å². The van der Waals surface area contributed by atoms with E-state index in [4.69, 9.17) is 0 Å². The second-order valence-corrected chi connectivity index (χ2v) is 22.4. The van der Waals surface area contributed by atoms with Gasteiger partial charge in [-0.2, -0.15) is 0 Å². The predicted octanol–water partition coefficient (Wildman–Crippen LogP) is 6.80. The molecular formula is C16H26S3Si2. The maximum absolute atomic E-state index is 2.46. The maximum Gasteiger partial charge on any atom is 0.0683 e. The van der Waals surface area contributed by atoms with Crippen LogP contribution in [0.2, 0.25) is 39.3 Å². The third kappa shape index (κ3) is 5.71. The lowest BCUT2D eigenvalue weighted by molar-refractivity contribution is 1.26. The first-order valence-corrected chi connectivity index (χ1v) is 17.4. The maximum atomic E-state index is 2.46. The SMILES string of the molecule is C[Si](C)(C)Cc1ccsc1Sc1sccc1C[Si](C)(C)C. The van der Waals surface area contributed by atoms with Gasteiger partial charge in [-0.05, 0) is 46.1 Å². The van der Waals surface area contributed by atoms with Gasteiger partial charge in [-0.3, -0.25) is 0 Å². The summed E-state index contributed by atoms with van der Waals surface area (Å²) in [7, 11) is -2.08. The van der Waals surface area contributed by atoms with Gasteiger partial charge in [-0.25, -0.2) is 0 Å². The van der Waals surface area contributed by atoms with Gasteiger partial charge in [0, 0.05) is 16.1 Å². The second kappa shape index (κ2) is 6.75. The molecule has 0 aliphatic carbocycles. The van der Waals surface area contributed by atoms with E-state index in [-0.39, 0.29) is 0 Å². The summed E-state index contributed by atoms with van der Waals surface area (Å²) in [6, 6.07) is 7.29. The number of hydrogen-bond donors (Lipinski definition) is 0. The van der Waals surface area contributed by atoms with E-state index in [2.05, 4.69) is 62.2 Å². The Morgan fingerprint density at radius 1 is 0.762 bits per heavy atom. The van der Waals surface area contributed by atoms with Crippen molar-refractivity contribution in [3.63, 3.8) is 0 Å². The third-order valence-corrected chi connectivity index (χ3v) is 9.39. The molecule has 0 radical (unpaired) electrons. The first kappa shape index (κ1) is 17.5. The average molecular weight is 371 g/mol. The molecule has 2 aromatic heterocycles. The minimum Gasteiger partial charge on any atom is -0.137 e. The van der Waals surface area contributed by atoms with E-state index in [0.717, 1.165) is 0 Å². The molecular weight excluding hydrogens is 345 g/mol. The molecule has 0 unspecified atom stereocenters. The van der Waals surface area contributed by atoms with E-state index < -0.39 is 16.1 Å². The summed E-state index contributed by atoms with van der Waals surface area (Å²) in [5, 5.41) is 4.53. The molecule has 0 aliphatic heterocycles. The summed E-state index contributed by atoms with van der Waals surface area (Å²) in [6.07, 6.45) is 0. The standard InChI is InChI=1S/C16H26S3Si2/c1-20(2,3)11-13-7-9-17-15(13)19-16-14(8-10-18-16)12-21(4,5)6/h7-10H,11-12H2,1-6H3. The van der Waals surface area contributed by atoms with Gasteiger partial charge in [-0.1, -0.05) is 51.0 Å². The Kier molecular flexibility index (Phi) is 5.63. The predicted molar refractivity (Wildman–Crippen MR) is 107 cm³/mol. The lowest BCUT2D eigenvalue weighted by Gasteiger charge is -2.17. The van der Waals surface area contributed by atoms with Crippen molar-refractivity contribution in [2.24, 2.45) is 0 Å². The van der Waals surface area contributed by atoms with Gasteiger partial charge in [0.1, 0.15) is 0 Å². The molecule has 0 N–H and O–H groups in total. The van der Waals surface area contributed by atoms with E-state index in [1.165, 1.54) is 20.5 Å². The molecule has 5 heteroatoms. The molecule has 0 aromatic carbocycles. The summed E-state index contributed by atoms with van der Waals surface area (Å²) in [5.74, 6) is 0. The third-order valence-electron chi connectivity index (χ3n) is 3.04. The van der Waals surface area contributed by atoms with Crippen LogP contribution in [0.3, 0.4) is 0 Å². The van der Waals surface area contributed by atoms with Crippen molar-refractivity contribution in [3.05, 3.63) is 34.0 Å². The normalized spacial score (nSPS) is 12.9. The van der Waals surface area contributed by atoms with Crippen molar-refractivity contribution >= 4 is 50.6 Å². The molecule has 0 aliphatic rings. The van der Waals surface area contributed by atoms with Crippen LogP contribution >= 0.6 is 34.4 Å². The fourth-order valence-corrected chi connectivity index (χ4v) is 9.08. The molecule has 0 fully saturated rings. The Balaban J connectivity index is 2.17. The van der Waals surface area contributed by atoms with Crippen LogP contribution < -0.4 is 0 Å². The molecule has 0 nitrogen and oxygen atoms in total. The first-order chi connectivity index (χ1) is 9.64. The minimum atomic E-state index is -1.04. The molecule has 0 atom stereocenters. The highest BCUT2D eigenvalue weighted by Crippen LogP contribution is 2.41. The highest BCUT2D eigenvalue weighted by atomic mass is 32.2. The topological polar surface area (TPSA) is 0 Å². The van der Waals surface area contributed by atoms with Gasteiger partial charge >= 0.3 is 0 Å². The summed E-state index contributed by atoms with van der Waals surface area (Å²) in [4.78, 5) is 0. The van der Waals surface area contributed by atoms with E-state index in [0.29, 0.717) is 0 Å². The zero-order valence-electron chi connectivity index (χ0n) is 13.9.